The van der Waals surface area contributed by atoms with E-state index < -0.39 is 11.6 Å². The van der Waals surface area contributed by atoms with Crippen molar-refractivity contribution in [3.63, 3.8) is 0 Å². The first-order valence-corrected chi connectivity index (χ1v) is 12.7. The van der Waals surface area contributed by atoms with E-state index in [9.17, 15) is 14.7 Å². The van der Waals surface area contributed by atoms with E-state index in [1.165, 1.54) is 11.9 Å². The number of benzene rings is 1. The first-order chi connectivity index (χ1) is 17.2. The van der Waals surface area contributed by atoms with Gasteiger partial charge in [-0.15, -0.1) is 0 Å². The number of hydrogen-bond acceptors (Lipinski definition) is 7. The molecule has 1 aliphatic carbocycles. The van der Waals surface area contributed by atoms with Crippen LogP contribution in [0, 0.1) is 11.8 Å². The maximum atomic E-state index is 13.0. The minimum Gasteiger partial charge on any atom is -0.481 e. The van der Waals surface area contributed by atoms with Crippen molar-refractivity contribution < 1.29 is 19.4 Å². The average molecular weight is 492 g/mol. The summed E-state index contributed by atoms with van der Waals surface area (Å²) in [4.78, 5) is 39.0. The van der Waals surface area contributed by atoms with E-state index in [-0.39, 0.29) is 17.7 Å². The van der Waals surface area contributed by atoms with Crippen LogP contribution in [0.1, 0.15) is 69.4 Å². The Balaban J connectivity index is 1.22. The summed E-state index contributed by atoms with van der Waals surface area (Å²) in [5.41, 5.74) is 8.82. The van der Waals surface area contributed by atoms with Gasteiger partial charge in [-0.2, -0.15) is 4.98 Å². The topological polar surface area (TPSA) is 131 Å². The molecular weight excluding hydrogens is 458 g/mol. The fourth-order valence-corrected chi connectivity index (χ4v) is 5.70. The third-order valence-corrected chi connectivity index (χ3v) is 7.85. The van der Waals surface area contributed by atoms with Crippen LogP contribution in [-0.4, -0.2) is 56.3 Å². The first-order valence-electron chi connectivity index (χ1n) is 12.7. The standard InChI is InChI=1S/C27H33N5O4/c1-27(2)22(31-21-23(28)29-15-30-24(21)36-27)18-7-3-16(4-8-18)17-5-9-19(10-6-17)25(33)32-13-11-20(12-14-32)26(34)35/h3-4,7-8,15,17,19-20H,5-6,9-14H2,1-2H3,(H,34,35)(H2,28,29,30)/t17-,19-. The van der Waals surface area contributed by atoms with E-state index >= 15 is 0 Å². The van der Waals surface area contributed by atoms with Crippen molar-refractivity contribution in [2.24, 2.45) is 16.8 Å². The van der Waals surface area contributed by atoms with E-state index in [0.717, 1.165) is 37.0 Å². The summed E-state index contributed by atoms with van der Waals surface area (Å²) in [5, 5.41) is 9.19. The second-order valence-electron chi connectivity index (χ2n) is 10.6. The summed E-state index contributed by atoms with van der Waals surface area (Å²) >= 11 is 0. The first kappa shape index (κ1) is 24.2. The van der Waals surface area contributed by atoms with E-state index in [1.54, 1.807) is 0 Å². The zero-order valence-electron chi connectivity index (χ0n) is 20.8. The number of carboxylic acid groups (broad SMARTS) is 1. The quantitative estimate of drug-likeness (QED) is 0.662. The Labute approximate surface area is 210 Å². The van der Waals surface area contributed by atoms with Crippen molar-refractivity contribution in [3.8, 4) is 5.88 Å². The largest absolute Gasteiger partial charge is 0.481 e. The van der Waals surface area contributed by atoms with Gasteiger partial charge in [0.1, 0.15) is 11.9 Å². The molecule has 5 rings (SSSR count). The molecule has 0 bridgehead atoms. The Morgan fingerprint density at radius 3 is 2.31 bits per heavy atom. The van der Waals surface area contributed by atoms with Gasteiger partial charge >= 0.3 is 5.97 Å². The highest BCUT2D eigenvalue weighted by atomic mass is 16.5. The molecule has 1 aromatic carbocycles. The number of carbonyl (C=O) groups excluding carboxylic acids is 1. The predicted molar refractivity (Wildman–Crippen MR) is 135 cm³/mol. The Bertz CT molecular complexity index is 1180. The summed E-state index contributed by atoms with van der Waals surface area (Å²) in [6, 6.07) is 8.46. The monoisotopic (exact) mass is 491 g/mol. The number of amides is 1. The number of nitrogen functional groups attached to an aromatic ring is 1. The second-order valence-corrected chi connectivity index (χ2v) is 10.6. The number of anilines is 1. The lowest BCUT2D eigenvalue weighted by atomic mass is 9.77. The molecular formula is C27H33N5O4. The van der Waals surface area contributed by atoms with E-state index in [1.807, 2.05) is 18.7 Å². The molecule has 3 N–H and O–H groups in total. The normalized spacial score (nSPS) is 23.8. The summed E-state index contributed by atoms with van der Waals surface area (Å²) in [7, 11) is 0. The Morgan fingerprint density at radius 2 is 1.67 bits per heavy atom. The zero-order chi connectivity index (χ0) is 25.4. The van der Waals surface area contributed by atoms with Crippen LogP contribution in [0.5, 0.6) is 5.88 Å². The SMILES string of the molecule is CC1(C)Oc2ncnc(N)c2N=C1c1ccc([C@H]2CC[C@H](C(=O)N3CCC(C(=O)O)CC3)CC2)cc1. The van der Waals surface area contributed by atoms with Crippen LogP contribution in [0.3, 0.4) is 0 Å². The number of rotatable bonds is 4. The van der Waals surface area contributed by atoms with Gasteiger partial charge in [0, 0.05) is 24.6 Å². The number of aliphatic carboxylic acids is 1. The Morgan fingerprint density at radius 1 is 1.00 bits per heavy atom. The smallest absolute Gasteiger partial charge is 0.306 e. The summed E-state index contributed by atoms with van der Waals surface area (Å²) in [5.74, 6) is 0.293. The van der Waals surface area contributed by atoms with Gasteiger partial charge in [0.05, 0.1) is 11.6 Å². The van der Waals surface area contributed by atoms with Crippen molar-refractivity contribution in [2.75, 3.05) is 18.8 Å². The molecule has 1 aromatic heterocycles. The van der Waals surface area contributed by atoms with Gasteiger partial charge in [-0.1, -0.05) is 24.3 Å². The lowest BCUT2D eigenvalue weighted by molar-refractivity contribution is -0.147. The van der Waals surface area contributed by atoms with Crippen molar-refractivity contribution >= 4 is 29.1 Å². The van der Waals surface area contributed by atoms with Gasteiger partial charge in [-0.3, -0.25) is 9.59 Å². The number of fused-ring (bicyclic) bond motifs is 1. The van der Waals surface area contributed by atoms with E-state index in [4.69, 9.17) is 15.5 Å². The third-order valence-electron chi connectivity index (χ3n) is 7.85. The minimum atomic E-state index is -0.747. The molecule has 0 spiro atoms. The molecule has 2 fully saturated rings. The highest BCUT2D eigenvalue weighted by Gasteiger charge is 2.36. The van der Waals surface area contributed by atoms with Crippen LogP contribution < -0.4 is 10.5 Å². The van der Waals surface area contributed by atoms with Crippen molar-refractivity contribution in [3.05, 3.63) is 41.7 Å². The lowest BCUT2D eigenvalue weighted by Gasteiger charge is -2.35. The molecule has 1 amide bonds. The number of piperidine rings is 1. The number of aromatic nitrogens is 2. The molecule has 9 nitrogen and oxygen atoms in total. The molecule has 2 aliphatic heterocycles. The summed E-state index contributed by atoms with van der Waals surface area (Å²) < 4.78 is 6.09. The summed E-state index contributed by atoms with van der Waals surface area (Å²) in [6.07, 6.45) is 6.17. The fourth-order valence-electron chi connectivity index (χ4n) is 5.70. The molecule has 36 heavy (non-hydrogen) atoms. The Hall–Kier alpha value is -3.49. The molecule has 3 aliphatic rings. The van der Waals surface area contributed by atoms with Crippen LogP contribution in [0.4, 0.5) is 11.5 Å². The van der Waals surface area contributed by atoms with Crippen molar-refractivity contribution in [1.82, 2.24) is 14.9 Å². The molecule has 9 heteroatoms. The molecule has 2 aromatic rings. The van der Waals surface area contributed by atoms with Gasteiger partial charge in [-0.25, -0.2) is 9.98 Å². The molecule has 0 atom stereocenters. The van der Waals surface area contributed by atoms with Gasteiger partial charge in [0.15, 0.2) is 11.5 Å². The average Bonchev–Trinajstić information content (AvgIpc) is 2.88. The third kappa shape index (κ3) is 4.66. The molecule has 190 valence electrons. The molecule has 0 radical (unpaired) electrons. The number of ether oxygens (including phenoxy) is 1. The van der Waals surface area contributed by atoms with E-state index in [0.29, 0.717) is 49.2 Å². The molecule has 0 unspecified atom stereocenters. The number of carbonyl (C=O) groups is 2. The molecule has 1 saturated heterocycles. The number of likely N-dealkylation sites (tertiary alicyclic amines) is 1. The fraction of sp³-hybridized carbons (Fsp3) is 0.519. The van der Waals surface area contributed by atoms with Gasteiger partial charge in [0.25, 0.3) is 0 Å². The van der Waals surface area contributed by atoms with E-state index in [2.05, 4.69) is 34.2 Å². The van der Waals surface area contributed by atoms with Crippen molar-refractivity contribution in [1.29, 1.82) is 0 Å². The summed E-state index contributed by atoms with van der Waals surface area (Å²) in [6.45, 7) is 5.04. The number of carboxylic acids is 1. The molecule has 3 heterocycles. The van der Waals surface area contributed by atoms with Crippen LogP contribution in [0.15, 0.2) is 35.6 Å². The highest BCUT2D eigenvalue weighted by molar-refractivity contribution is 6.09. The maximum Gasteiger partial charge on any atom is 0.306 e. The Kier molecular flexibility index (Phi) is 6.40. The van der Waals surface area contributed by atoms with Crippen molar-refractivity contribution in [2.45, 2.75) is 63.9 Å². The van der Waals surface area contributed by atoms with Crippen LogP contribution in [-0.2, 0) is 9.59 Å². The lowest BCUT2D eigenvalue weighted by Crippen LogP contribution is -2.43. The predicted octanol–water partition coefficient (Wildman–Crippen LogP) is 3.95. The highest BCUT2D eigenvalue weighted by Crippen LogP contribution is 2.40. The van der Waals surface area contributed by atoms with Gasteiger partial charge < -0.3 is 20.5 Å². The minimum absolute atomic E-state index is 0.0455. The van der Waals surface area contributed by atoms with Gasteiger partial charge in [0.2, 0.25) is 11.8 Å². The number of nitrogens with two attached hydrogens (primary N) is 1. The number of aliphatic imine (C=N–C) groups is 1. The van der Waals surface area contributed by atoms with Gasteiger partial charge in [-0.05, 0) is 63.9 Å². The number of hydrogen-bond donors (Lipinski definition) is 2. The molecule has 1 saturated carbocycles. The second kappa shape index (κ2) is 9.52. The number of nitrogens with zero attached hydrogens (tertiary/aromatic N) is 4. The zero-order valence-corrected chi connectivity index (χ0v) is 20.8. The van der Waals surface area contributed by atoms with Crippen LogP contribution in [0.2, 0.25) is 0 Å². The van der Waals surface area contributed by atoms with Crippen LogP contribution in [0.25, 0.3) is 0 Å². The maximum absolute atomic E-state index is 13.0. The van der Waals surface area contributed by atoms with Crippen LogP contribution >= 0.6 is 0 Å².